The first kappa shape index (κ1) is 32.2. The third-order valence-electron chi connectivity index (χ3n) is 8.26. The third kappa shape index (κ3) is 7.32. The van der Waals surface area contributed by atoms with Crippen LogP contribution in [-0.4, -0.2) is 83.0 Å². The minimum atomic E-state index is -1.14. The van der Waals surface area contributed by atoms with Crippen LogP contribution in [-0.2, 0) is 30.4 Å². The number of Topliss-reactive ketones (excluding diaryl/α,β-unsaturated/α-hetero) is 1. The van der Waals surface area contributed by atoms with Gasteiger partial charge in [0, 0.05) is 45.4 Å². The van der Waals surface area contributed by atoms with Crippen molar-refractivity contribution in [2.45, 2.75) is 86.4 Å². The van der Waals surface area contributed by atoms with Crippen LogP contribution in [0.2, 0.25) is 0 Å². The van der Waals surface area contributed by atoms with Gasteiger partial charge in [-0.3, -0.25) is 29.0 Å². The van der Waals surface area contributed by atoms with Crippen LogP contribution in [0.15, 0.2) is 24.4 Å². The molecule has 1 aliphatic heterocycles. The van der Waals surface area contributed by atoms with E-state index >= 15 is 0 Å². The van der Waals surface area contributed by atoms with E-state index in [2.05, 4.69) is 29.5 Å². The fourth-order valence-corrected chi connectivity index (χ4v) is 5.89. The fourth-order valence-electron chi connectivity index (χ4n) is 5.89. The smallest absolute Gasteiger partial charge is 0.291 e. The van der Waals surface area contributed by atoms with Crippen molar-refractivity contribution in [1.82, 2.24) is 25.4 Å². The van der Waals surface area contributed by atoms with Crippen molar-refractivity contribution in [3.8, 4) is 0 Å². The highest BCUT2D eigenvalue weighted by molar-refractivity contribution is 6.38. The van der Waals surface area contributed by atoms with E-state index < -0.39 is 41.1 Å². The molecule has 5 atom stereocenters. The molecule has 2 heterocycles. The Morgan fingerprint density at radius 2 is 1.68 bits per heavy atom. The molecule has 2 N–H and O–H groups in total. The van der Waals surface area contributed by atoms with Gasteiger partial charge in [0.25, 0.3) is 5.91 Å². The van der Waals surface area contributed by atoms with Gasteiger partial charge in [-0.1, -0.05) is 61.5 Å². The molecule has 1 aromatic heterocycles. The number of hydrogen-bond donors (Lipinski definition) is 2. The number of ketones is 1. The van der Waals surface area contributed by atoms with Gasteiger partial charge >= 0.3 is 0 Å². The predicted molar refractivity (Wildman–Crippen MR) is 155 cm³/mol. The molecule has 0 radical (unpaired) electrons. The number of aromatic nitrogens is 1. The number of nitrogens with one attached hydrogen (secondary N) is 2. The molecule has 0 bridgehead atoms. The Kier molecular flexibility index (Phi) is 9.06. The molecule has 0 aromatic carbocycles. The summed E-state index contributed by atoms with van der Waals surface area (Å²) in [6, 6.07) is 2.43. The van der Waals surface area contributed by atoms with Gasteiger partial charge in [-0.05, 0) is 40.2 Å². The quantitative estimate of drug-likeness (QED) is 0.439. The lowest BCUT2D eigenvalue weighted by molar-refractivity contribution is -0.147. The van der Waals surface area contributed by atoms with E-state index in [1.165, 1.54) is 19.0 Å². The Hall–Kier alpha value is -3.30. The van der Waals surface area contributed by atoms with Crippen LogP contribution in [0.3, 0.4) is 0 Å². The summed E-state index contributed by atoms with van der Waals surface area (Å²) < 4.78 is 0. The van der Waals surface area contributed by atoms with Crippen LogP contribution in [0.1, 0.15) is 67.5 Å². The molecule has 1 unspecified atom stereocenters. The number of pyridine rings is 1. The first-order chi connectivity index (χ1) is 18.8. The molecule has 3 rings (SSSR count). The highest BCUT2D eigenvalue weighted by atomic mass is 16.2. The topological polar surface area (TPSA) is 129 Å². The summed E-state index contributed by atoms with van der Waals surface area (Å²) in [5, 5.41) is 5.76. The van der Waals surface area contributed by atoms with E-state index in [1.807, 2.05) is 41.5 Å². The SMILES string of the molecule is CN(C)C(=O)C(=O)C(Cc1ccccn1)NC(=O)[C@@H]1[C@@H]2[C@H](CN1C(=O)[C@@H](NC(=O)CC(C)(C)C)C(C)(C)C)C2(C)C. The summed E-state index contributed by atoms with van der Waals surface area (Å²) in [7, 11) is 2.96. The Labute approximate surface area is 244 Å². The second kappa shape index (κ2) is 11.5. The zero-order chi connectivity index (χ0) is 31.1. The van der Waals surface area contributed by atoms with Gasteiger partial charge in [0.1, 0.15) is 18.1 Å². The molecule has 1 saturated carbocycles. The van der Waals surface area contributed by atoms with Crippen molar-refractivity contribution >= 4 is 29.4 Å². The number of piperidine rings is 1. The molecular formula is C31H47N5O5. The molecule has 2 fully saturated rings. The Morgan fingerprint density at radius 3 is 2.20 bits per heavy atom. The zero-order valence-electron chi connectivity index (χ0n) is 26.2. The van der Waals surface area contributed by atoms with E-state index in [0.717, 1.165) is 0 Å². The maximum absolute atomic E-state index is 14.1. The molecule has 1 aromatic rings. The average molecular weight is 570 g/mol. The standard InChI is InChI=1S/C31H47N5O5/c1-29(2,3)16-21(37)34-25(30(4,5)6)28(41)36-17-19-22(31(19,7)8)23(36)26(39)33-20(24(38)27(40)35(9)10)15-18-13-11-12-14-32-18/h11-14,19-20,22-23,25H,15-17H2,1-10H3,(H,33,39)(H,34,37)/t19-,20?,22-,23-,25+/m0/s1. The largest absolute Gasteiger partial charge is 0.344 e. The van der Waals surface area contributed by atoms with E-state index in [0.29, 0.717) is 12.2 Å². The number of fused-ring (bicyclic) bond motifs is 1. The van der Waals surface area contributed by atoms with Crippen molar-refractivity contribution in [1.29, 1.82) is 0 Å². The van der Waals surface area contributed by atoms with Gasteiger partial charge < -0.3 is 20.4 Å². The molecule has 0 spiro atoms. The molecule has 1 aliphatic carbocycles. The summed E-state index contributed by atoms with van der Waals surface area (Å²) in [6.07, 6.45) is 1.88. The van der Waals surface area contributed by atoms with E-state index in [4.69, 9.17) is 0 Å². The summed E-state index contributed by atoms with van der Waals surface area (Å²) in [4.78, 5) is 73.8. The Morgan fingerprint density at radius 1 is 1.05 bits per heavy atom. The van der Waals surface area contributed by atoms with Gasteiger partial charge in [-0.25, -0.2) is 0 Å². The van der Waals surface area contributed by atoms with Crippen LogP contribution in [0.25, 0.3) is 0 Å². The van der Waals surface area contributed by atoms with Crippen LogP contribution in [0, 0.1) is 28.1 Å². The summed E-state index contributed by atoms with van der Waals surface area (Å²) >= 11 is 0. The van der Waals surface area contributed by atoms with Crippen LogP contribution in [0.5, 0.6) is 0 Å². The fraction of sp³-hybridized carbons (Fsp3) is 0.677. The number of amides is 4. The number of likely N-dealkylation sites (N-methyl/N-ethyl adjacent to an activating group) is 1. The molecule has 2 aliphatic rings. The monoisotopic (exact) mass is 569 g/mol. The number of likely N-dealkylation sites (tertiary alicyclic amines) is 1. The predicted octanol–water partition coefficient (Wildman–Crippen LogP) is 2.22. The number of carbonyl (C=O) groups excluding carboxylic acids is 5. The zero-order valence-corrected chi connectivity index (χ0v) is 26.2. The summed E-state index contributed by atoms with van der Waals surface area (Å²) in [6.45, 7) is 16.1. The number of nitrogens with zero attached hydrogens (tertiary/aromatic N) is 3. The second-order valence-electron chi connectivity index (χ2n) is 14.6. The van der Waals surface area contributed by atoms with Gasteiger partial charge in [-0.2, -0.15) is 0 Å². The van der Waals surface area contributed by atoms with Crippen LogP contribution < -0.4 is 10.6 Å². The van der Waals surface area contributed by atoms with Gasteiger partial charge in [0.05, 0.1) is 0 Å². The number of hydrogen-bond acceptors (Lipinski definition) is 6. The Balaban J connectivity index is 1.90. The normalized spacial score (nSPS) is 22.7. The molecule has 4 amide bonds. The highest BCUT2D eigenvalue weighted by Gasteiger charge is 2.70. The maximum atomic E-state index is 14.1. The molecular weight excluding hydrogens is 522 g/mol. The minimum absolute atomic E-state index is 0.0383. The molecule has 10 heteroatoms. The van der Waals surface area contributed by atoms with Gasteiger partial charge in [-0.15, -0.1) is 0 Å². The van der Waals surface area contributed by atoms with Gasteiger partial charge in [0.15, 0.2) is 0 Å². The Bertz CT molecular complexity index is 1180. The average Bonchev–Trinajstić information content (AvgIpc) is 3.17. The molecule has 226 valence electrons. The summed E-state index contributed by atoms with van der Waals surface area (Å²) in [5.41, 5.74) is -0.470. The van der Waals surface area contributed by atoms with E-state index in [9.17, 15) is 24.0 Å². The second-order valence-corrected chi connectivity index (χ2v) is 14.6. The number of rotatable bonds is 9. The third-order valence-corrected chi connectivity index (χ3v) is 8.26. The molecule has 1 saturated heterocycles. The minimum Gasteiger partial charge on any atom is -0.344 e. The van der Waals surface area contributed by atoms with E-state index in [-0.39, 0.29) is 47.3 Å². The van der Waals surface area contributed by atoms with Crippen molar-refractivity contribution in [2.24, 2.45) is 28.1 Å². The summed E-state index contributed by atoms with van der Waals surface area (Å²) in [5.74, 6) is -2.50. The lowest BCUT2D eigenvalue weighted by Gasteiger charge is -2.38. The van der Waals surface area contributed by atoms with Crippen molar-refractivity contribution < 1.29 is 24.0 Å². The first-order valence-electron chi connectivity index (χ1n) is 14.3. The van der Waals surface area contributed by atoms with Crippen molar-refractivity contribution in [3.63, 3.8) is 0 Å². The lowest BCUT2D eigenvalue weighted by atomic mass is 9.84. The highest BCUT2D eigenvalue weighted by Crippen LogP contribution is 2.65. The number of carbonyl (C=O) groups is 5. The maximum Gasteiger partial charge on any atom is 0.291 e. The van der Waals surface area contributed by atoms with E-state index in [1.54, 1.807) is 29.3 Å². The van der Waals surface area contributed by atoms with Crippen LogP contribution >= 0.6 is 0 Å². The molecule has 10 nitrogen and oxygen atoms in total. The lowest BCUT2D eigenvalue weighted by Crippen LogP contribution is -2.60. The first-order valence-corrected chi connectivity index (χ1v) is 14.3. The van der Waals surface area contributed by atoms with Crippen molar-refractivity contribution in [2.75, 3.05) is 20.6 Å². The van der Waals surface area contributed by atoms with Crippen LogP contribution in [0.4, 0.5) is 0 Å². The van der Waals surface area contributed by atoms with Gasteiger partial charge in [0.2, 0.25) is 23.5 Å². The van der Waals surface area contributed by atoms with Crippen molar-refractivity contribution in [3.05, 3.63) is 30.1 Å². The molecule has 41 heavy (non-hydrogen) atoms.